The average Bonchev–Trinajstić information content (AvgIpc) is 1.57. The molecule has 132 heavy (non-hydrogen) atoms. The monoisotopic (exact) mass is 2140 g/mol. The van der Waals surface area contributed by atoms with Crippen molar-refractivity contribution in [3.63, 3.8) is 0 Å². The van der Waals surface area contributed by atoms with E-state index in [1.54, 1.807) is 0 Å². The van der Waals surface area contributed by atoms with Crippen molar-refractivity contribution in [2.75, 3.05) is 0 Å². The predicted octanol–water partition coefficient (Wildman–Crippen LogP) is 38.5. The first-order chi connectivity index (χ1) is 64.7. The Morgan fingerprint density at radius 1 is 0.167 bits per heavy atom. The van der Waals surface area contributed by atoms with Crippen molar-refractivity contribution in [1.82, 2.24) is 18.3 Å². The van der Waals surface area contributed by atoms with Crippen LogP contribution in [0.1, 0.15) is 12.5 Å². The van der Waals surface area contributed by atoms with Crippen molar-refractivity contribution in [3.8, 4) is 78.4 Å². The molecule has 4 aromatic heterocycles. The number of aromatic nitrogens is 4. The van der Waals surface area contributed by atoms with Crippen LogP contribution in [0.3, 0.4) is 0 Å². The summed E-state index contributed by atoms with van der Waals surface area (Å²) in [5, 5.41) is 20.2. The van der Waals surface area contributed by atoms with E-state index in [0.717, 1.165) is 37.0 Å². The SMILES string of the molecule is Brc1cc(Br)cc(-c2ccc3c4ccccc4n(-c4ccc5c(ccc6ccccc65)c4)c3c2)c1.Brc1cc(Br)cc(-c2ccc3c4ccccc4n(-c4ccc5ccccc5c4)c3c2)c1.Brc1cc(Br)cc(-c2ccc3c4ccccc4n(-c4cccc5ccccc45)c3c2)c1.C/C=C/c1ccc2c(c1)c1ccc(-c3ccc(Br)cc3)cc1n2-c1cccc(-c2ccccc2)c1. The van der Waals surface area contributed by atoms with Gasteiger partial charge in [-0.25, -0.2) is 0 Å². The number of hydrogen-bond acceptors (Lipinski definition) is 0. The fraction of sp³-hybridized carbons (Fsp3) is 0.00826. The van der Waals surface area contributed by atoms with Gasteiger partial charge in [0.1, 0.15) is 0 Å². The van der Waals surface area contributed by atoms with E-state index >= 15 is 0 Å². The third-order valence-corrected chi connectivity index (χ3v) is 28.4. The molecule has 0 saturated carbocycles. The normalized spacial score (nSPS) is 11.6. The molecule has 0 spiro atoms. The first-order valence-corrected chi connectivity index (χ1v) is 49.3. The van der Waals surface area contributed by atoms with E-state index in [1.165, 1.54) is 209 Å². The van der Waals surface area contributed by atoms with Crippen LogP contribution < -0.4 is 0 Å². The highest BCUT2D eigenvalue weighted by Crippen LogP contribution is 2.45. The molecule has 25 aromatic rings. The lowest BCUT2D eigenvalue weighted by Gasteiger charge is -2.12. The Bertz CT molecular complexity index is 8830. The van der Waals surface area contributed by atoms with E-state index < -0.39 is 0 Å². The Labute approximate surface area is 822 Å². The zero-order chi connectivity index (χ0) is 89.2. The molecule has 25 rings (SSSR count). The molecule has 0 radical (unpaired) electrons. The zero-order valence-corrected chi connectivity index (χ0v) is 82.3. The Morgan fingerprint density at radius 3 is 1.03 bits per heavy atom. The lowest BCUT2D eigenvalue weighted by molar-refractivity contribution is 1.18. The molecule has 0 aliphatic carbocycles. The third kappa shape index (κ3) is 16.4. The van der Waals surface area contributed by atoms with Crippen LogP contribution in [-0.4, -0.2) is 18.3 Å². The number of para-hydroxylation sites is 3. The maximum Gasteiger partial charge on any atom is 0.0547 e. The minimum atomic E-state index is 1.06. The van der Waals surface area contributed by atoms with E-state index in [1.807, 2.05) is 0 Å². The summed E-state index contributed by atoms with van der Waals surface area (Å²) in [6.45, 7) is 2.06. The van der Waals surface area contributed by atoms with E-state index in [0.29, 0.717) is 0 Å². The van der Waals surface area contributed by atoms with Crippen molar-refractivity contribution in [3.05, 3.63) is 480 Å². The molecular formula is C121H77Br7N4. The Hall–Kier alpha value is -13.0. The van der Waals surface area contributed by atoms with Gasteiger partial charge in [0, 0.05) is 96.8 Å². The molecule has 0 aliphatic rings. The maximum atomic E-state index is 3.64. The first-order valence-electron chi connectivity index (χ1n) is 43.7. The molecule has 0 amide bonds. The highest BCUT2D eigenvalue weighted by atomic mass is 79.9. The van der Waals surface area contributed by atoms with E-state index in [-0.39, 0.29) is 0 Å². The standard InChI is InChI=1S/C33H24BrN.C32H19Br2N.2C28H17Br2N/c1-2-7-23-12-19-32-31(20-23)30-18-15-27(25-13-16-28(34)17-14-25)22-33(30)35(32)29-11-6-10-26(21-29)24-8-4-3-5-9-24;33-24-15-23(16-25(34)19-24)21-11-13-30-29-7-3-4-8-31(29)35(32(30)18-21)26-12-14-28-22(17-26)10-9-20-5-1-2-6-27(20)28;29-21-14-20(15-22(30)17-21)19-12-13-25-24-9-3-4-10-27(24)31(28(25)16-19)26-11-5-7-18-6-1-2-8-23(18)26;29-22-13-21(14-23(30)17-22)20-10-12-26-25-7-3-4-8-27(25)31(28(26)16-20)24-11-9-18-5-1-2-6-19(18)15-24/h2-22H,1H3;1-19H;2*1-17H/b7-2+;;;. The molecule has 0 aliphatic heterocycles. The molecule has 0 unspecified atom stereocenters. The van der Waals surface area contributed by atoms with Crippen LogP contribution in [0.15, 0.2) is 474 Å². The molecule has 0 bridgehead atoms. The Morgan fingerprint density at radius 2 is 0.500 bits per heavy atom. The number of nitrogens with zero attached hydrogens (tertiary/aromatic N) is 4. The minimum absolute atomic E-state index is 1.06. The van der Waals surface area contributed by atoms with Crippen molar-refractivity contribution in [2.24, 2.45) is 0 Å². The van der Waals surface area contributed by atoms with Gasteiger partial charge in [0.25, 0.3) is 0 Å². The lowest BCUT2D eigenvalue weighted by Crippen LogP contribution is -1.95. The van der Waals surface area contributed by atoms with Gasteiger partial charge in [-0.05, 0) is 270 Å². The summed E-state index contributed by atoms with van der Waals surface area (Å²) in [7, 11) is 0. The minimum Gasteiger partial charge on any atom is -0.309 e. The highest BCUT2D eigenvalue weighted by molar-refractivity contribution is 9.12. The number of halogens is 7. The quantitative estimate of drug-likeness (QED) is 0.122. The average molecular weight is 2150 g/mol. The van der Waals surface area contributed by atoms with Gasteiger partial charge in [-0.1, -0.05) is 397 Å². The number of fused-ring (bicyclic) bond motifs is 17. The summed E-state index contributed by atoms with van der Waals surface area (Å²) in [5.74, 6) is 0. The summed E-state index contributed by atoms with van der Waals surface area (Å²) < 4.78 is 17.0. The lowest BCUT2D eigenvalue weighted by atomic mass is 10.0. The summed E-state index contributed by atoms with van der Waals surface area (Å²) in [4.78, 5) is 0. The molecule has 630 valence electrons. The van der Waals surface area contributed by atoms with Crippen LogP contribution in [0.2, 0.25) is 0 Å². The number of allylic oxidation sites excluding steroid dienone is 1. The molecule has 0 fully saturated rings. The fourth-order valence-electron chi connectivity index (χ4n) is 19.2. The topological polar surface area (TPSA) is 19.7 Å². The van der Waals surface area contributed by atoms with Gasteiger partial charge in [0.2, 0.25) is 0 Å². The second kappa shape index (κ2) is 36.3. The van der Waals surface area contributed by atoms with Crippen molar-refractivity contribution in [2.45, 2.75) is 6.92 Å². The second-order valence-electron chi connectivity index (χ2n) is 33.2. The largest absolute Gasteiger partial charge is 0.309 e. The van der Waals surface area contributed by atoms with Gasteiger partial charge >= 0.3 is 0 Å². The van der Waals surface area contributed by atoms with Gasteiger partial charge in [-0.2, -0.15) is 0 Å². The van der Waals surface area contributed by atoms with Crippen LogP contribution in [0.5, 0.6) is 0 Å². The highest BCUT2D eigenvalue weighted by Gasteiger charge is 2.22. The van der Waals surface area contributed by atoms with Gasteiger partial charge in [-0.15, -0.1) is 0 Å². The molecular weight excluding hydrogens is 2070 g/mol. The summed E-state index contributed by atoms with van der Waals surface area (Å²) in [6.07, 6.45) is 4.25. The van der Waals surface area contributed by atoms with Crippen LogP contribution in [0.25, 0.3) is 215 Å². The molecule has 0 N–H and O–H groups in total. The molecule has 4 heterocycles. The van der Waals surface area contributed by atoms with E-state index in [2.05, 4.69) is 586 Å². The van der Waals surface area contributed by atoms with Crippen LogP contribution in [0.4, 0.5) is 0 Å². The van der Waals surface area contributed by atoms with Crippen molar-refractivity contribution in [1.29, 1.82) is 0 Å². The number of rotatable bonds is 10. The summed E-state index contributed by atoms with van der Waals surface area (Å²) in [6, 6.07) is 157. The number of benzene rings is 21. The molecule has 0 saturated heterocycles. The van der Waals surface area contributed by atoms with E-state index in [9.17, 15) is 0 Å². The Kier molecular flexibility index (Phi) is 23.2. The van der Waals surface area contributed by atoms with Crippen molar-refractivity contribution >= 4 is 248 Å². The predicted molar refractivity (Wildman–Crippen MR) is 589 cm³/mol. The second-order valence-corrected chi connectivity index (χ2v) is 39.6. The molecule has 0 atom stereocenters. The van der Waals surface area contributed by atoms with Crippen LogP contribution in [-0.2, 0) is 0 Å². The molecule has 21 aromatic carbocycles. The maximum absolute atomic E-state index is 3.64. The smallest absolute Gasteiger partial charge is 0.0547 e. The van der Waals surface area contributed by atoms with Crippen molar-refractivity contribution < 1.29 is 0 Å². The van der Waals surface area contributed by atoms with Gasteiger partial charge in [-0.3, -0.25) is 0 Å². The van der Waals surface area contributed by atoms with Crippen LogP contribution >= 0.6 is 112 Å². The van der Waals surface area contributed by atoms with Gasteiger partial charge < -0.3 is 18.3 Å². The summed E-state index contributed by atoms with van der Waals surface area (Å²) in [5.41, 5.74) is 27.6. The third-order valence-electron chi connectivity index (χ3n) is 25.1. The first kappa shape index (κ1) is 84.5. The zero-order valence-electron chi connectivity index (χ0n) is 71.2. The van der Waals surface area contributed by atoms with Gasteiger partial charge in [0.15, 0.2) is 0 Å². The summed E-state index contributed by atoms with van der Waals surface area (Å²) >= 11 is 25.4. The Balaban J connectivity index is 0.000000103. The van der Waals surface area contributed by atoms with E-state index in [4.69, 9.17) is 0 Å². The fourth-order valence-corrected chi connectivity index (χ4v) is 23.3. The number of hydrogen-bond donors (Lipinski definition) is 0. The molecule has 4 nitrogen and oxygen atoms in total. The van der Waals surface area contributed by atoms with Crippen LogP contribution in [0, 0.1) is 0 Å². The molecule has 11 heteroatoms. The van der Waals surface area contributed by atoms with Gasteiger partial charge in [0.05, 0.1) is 49.8 Å².